The van der Waals surface area contributed by atoms with Crippen molar-refractivity contribution in [3.8, 4) is 0 Å². The van der Waals surface area contributed by atoms with Gasteiger partial charge in [-0.25, -0.2) is 4.79 Å². The molecule has 1 aliphatic heterocycles. The van der Waals surface area contributed by atoms with Crippen molar-refractivity contribution in [3.63, 3.8) is 0 Å². The predicted octanol–water partition coefficient (Wildman–Crippen LogP) is 0.607. The van der Waals surface area contributed by atoms with Crippen LogP contribution in [-0.2, 0) is 25.5 Å². The Balaban J connectivity index is 1.76. The van der Waals surface area contributed by atoms with Gasteiger partial charge in [-0.2, -0.15) is 0 Å². The Bertz CT molecular complexity index is 702. The first kappa shape index (κ1) is 19.4. The normalized spacial score (nSPS) is 16.8. The third-order valence-electron chi connectivity index (χ3n) is 3.96. The van der Waals surface area contributed by atoms with Gasteiger partial charge < -0.3 is 15.4 Å². The van der Waals surface area contributed by atoms with Crippen LogP contribution in [0.5, 0.6) is 0 Å². The molecular formula is C18H23N3O5. The van der Waals surface area contributed by atoms with Crippen molar-refractivity contribution >= 4 is 23.8 Å². The number of imide groups is 1. The van der Waals surface area contributed by atoms with Crippen molar-refractivity contribution < 1.29 is 23.9 Å². The molecule has 8 heteroatoms. The first-order valence-corrected chi connectivity index (χ1v) is 8.36. The summed E-state index contributed by atoms with van der Waals surface area (Å²) in [5.41, 5.74) is 0.0243. The number of ether oxygens (including phenoxy) is 1. The van der Waals surface area contributed by atoms with E-state index in [2.05, 4.69) is 10.6 Å². The van der Waals surface area contributed by atoms with Gasteiger partial charge in [0.2, 0.25) is 0 Å². The van der Waals surface area contributed by atoms with Gasteiger partial charge in [-0.1, -0.05) is 30.3 Å². The van der Waals surface area contributed by atoms with E-state index in [1.54, 1.807) is 13.8 Å². The zero-order valence-corrected chi connectivity index (χ0v) is 15.1. The fourth-order valence-corrected chi connectivity index (χ4v) is 2.50. The smallest absolute Gasteiger partial charge is 0.327 e. The summed E-state index contributed by atoms with van der Waals surface area (Å²) < 4.78 is 5.02. The van der Waals surface area contributed by atoms with Gasteiger partial charge in [0.1, 0.15) is 12.1 Å². The lowest BCUT2D eigenvalue weighted by atomic mass is 10.1. The molecule has 0 saturated carbocycles. The molecule has 1 aliphatic rings. The monoisotopic (exact) mass is 361 g/mol. The Labute approximate surface area is 151 Å². The number of nitrogens with zero attached hydrogens (tertiary/aromatic N) is 1. The average Bonchev–Trinajstić information content (AvgIpc) is 2.77. The Kier molecular flexibility index (Phi) is 5.97. The highest BCUT2D eigenvalue weighted by Crippen LogP contribution is 2.16. The standard InChI is InChI=1S/C18H23N3O5/c1-12(15(23)19-10-9-13-7-5-4-6-8-13)26-14(22)11-21-16(24)18(2,3)20-17(21)25/h4-8,12H,9-11H2,1-3H3,(H,19,23)(H,20,25). The quantitative estimate of drug-likeness (QED) is 0.547. The molecule has 0 aliphatic carbocycles. The molecule has 0 radical (unpaired) electrons. The number of hydrogen-bond acceptors (Lipinski definition) is 5. The molecular weight excluding hydrogens is 338 g/mol. The van der Waals surface area contributed by atoms with Crippen molar-refractivity contribution in [1.29, 1.82) is 0 Å². The molecule has 1 aromatic carbocycles. The lowest BCUT2D eigenvalue weighted by molar-refractivity contribution is -0.156. The number of hydrogen-bond donors (Lipinski definition) is 2. The number of amides is 4. The van der Waals surface area contributed by atoms with E-state index in [1.807, 2.05) is 30.3 Å². The van der Waals surface area contributed by atoms with E-state index in [4.69, 9.17) is 4.74 Å². The Hall–Kier alpha value is -2.90. The minimum Gasteiger partial charge on any atom is -0.451 e. The van der Waals surface area contributed by atoms with Crippen molar-refractivity contribution in [2.45, 2.75) is 38.8 Å². The maximum atomic E-state index is 12.0. The average molecular weight is 361 g/mol. The number of carbonyl (C=O) groups excluding carboxylic acids is 4. The fourth-order valence-electron chi connectivity index (χ4n) is 2.50. The first-order chi connectivity index (χ1) is 12.2. The van der Waals surface area contributed by atoms with Gasteiger partial charge in [-0.05, 0) is 32.8 Å². The number of nitrogens with one attached hydrogen (secondary N) is 2. The molecule has 1 fully saturated rings. The van der Waals surface area contributed by atoms with E-state index in [1.165, 1.54) is 6.92 Å². The molecule has 1 saturated heterocycles. The van der Waals surface area contributed by atoms with Crippen LogP contribution in [0.4, 0.5) is 4.79 Å². The molecule has 2 rings (SSSR count). The highest BCUT2D eigenvalue weighted by atomic mass is 16.5. The third kappa shape index (κ3) is 4.81. The zero-order valence-electron chi connectivity index (χ0n) is 15.1. The van der Waals surface area contributed by atoms with Crippen molar-refractivity contribution in [3.05, 3.63) is 35.9 Å². The van der Waals surface area contributed by atoms with Crippen LogP contribution in [0.2, 0.25) is 0 Å². The second-order valence-electron chi connectivity index (χ2n) is 6.61. The number of urea groups is 1. The Morgan fingerprint density at radius 1 is 1.23 bits per heavy atom. The number of benzene rings is 1. The third-order valence-corrected chi connectivity index (χ3v) is 3.96. The van der Waals surface area contributed by atoms with Gasteiger partial charge in [-0.15, -0.1) is 0 Å². The molecule has 1 aromatic rings. The van der Waals surface area contributed by atoms with Crippen LogP contribution in [0.15, 0.2) is 30.3 Å². The molecule has 1 heterocycles. The van der Waals surface area contributed by atoms with Crippen molar-refractivity contribution in [2.75, 3.05) is 13.1 Å². The number of rotatable bonds is 7. The van der Waals surface area contributed by atoms with Gasteiger partial charge in [0.15, 0.2) is 6.10 Å². The van der Waals surface area contributed by atoms with E-state index in [9.17, 15) is 19.2 Å². The summed E-state index contributed by atoms with van der Waals surface area (Å²) in [6, 6.07) is 8.99. The molecule has 0 aromatic heterocycles. The number of carbonyl (C=O) groups is 4. The summed E-state index contributed by atoms with van der Waals surface area (Å²) in [6.07, 6.45) is -0.364. The molecule has 2 N–H and O–H groups in total. The zero-order chi connectivity index (χ0) is 19.3. The highest BCUT2D eigenvalue weighted by Gasteiger charge is 2.45. The van der Waals surface area contributed by atoms with Crippen LogP contribution in [0.3, 0.4) is 0 Å². The maximum absolute atomic E-state index is 12.0. The van der Waals surface area contributed by atoms with Crippen LogP contribution < -0.4 is 10.6 Å². The van der Waals surface area contributed by atoms with Gasteiger partial charge in [0.05, 0.1) is 0 Å². The molecule has 4 amide bonds. The van der Waals surface area contributed by atoms with Crippen LogP contribution in [0.25, 0.3) is 0 Å². The molecule has 26 heavy (non-hydrogen) atoms. The minimum atomic E-state index is -1.06. The lowest BCUT2D eigenvalue weighted by Gasteiger charge is -2.17. The van der Waals surface area contributed by atoms with E-state index >= 15 is 0 Å². The largest absolute Gasteiger partial charge is 0.451 e. The van der Waals surface area contributed by atoms with E-state index in [-0.39, 0.29) is 0 Å². The fraction of sp³-hybridized carbons (Fsp3) is 0.444. The molecule has 140 valence electrons. The summed E-state index contributed by atoms with van der Waals surface area (Å²) >= 11 is 0. The summed E-state index contributed by atoms with van der Waals surface area (Å²) in [7, 11) is 0. The van der Waals surface area contributed by atoms with Gasteiger partial charge in [-0.3, -0.25) is 19.3 Å². The maximum Gasteiger partial charge on any atom is 0.327 e. The molecule has 1 atom stereocenters. The number of esters is 1. The summed E-state index contributed by atoms with van der Waals surface area (Å²) in [4.78, 5) is 48.5. The van der Waals surface area contributed by atoms with Gasteiger partial charge in [0.25, 0.3) is 11.8 Å². The topological polar surface area (TPSA) is 105 Å². The Morgan fingerprint density at radius 3 is 2.46 bits per heavy atom. The second-order valence-corrected chi connectivity index (χ2v) is 6.61. The van der Waals surface area contributed by atoms with Gasteiger partial charge in [0, 0.05) is 6.54 Å². The van der Waals surface area contributed by atoms with Gasteiger partial charge >= 0.3 is 12.0 Å². The minimum absolute atomic E-state index is 0.409. The van der Waals surface area contributed by atoms with Crippen LogP contribution in [0.1, 0.15) is 26.3 Å². The lowest BCUT2D eigenvalue weighted by Crippen LogP contribution is -2.42. The van der Waals surface area contributed by atoms with Crippen LogP contribution in [-0.4, -0.2) is 53.4 Å². The van der Waals surface area contributed by atoms with E-state index < -0.39 is 42.0 Å². The van der Waals surface area contributed by atoms with Crippen molar-refractivity contribution in [2.24, 2.45) is 0 Å². The SMILES string of the molecule is CC(OC(=O)CN1C(=O)NC(C)(C)C1=O)C(=O)NCCc1ccccc1. The van der Waals surface area contributed by atoms with Crippen molar-refractivity contribution in [1.82, 2.24) is 15.5 Å². The second kappa shape index (κ2) is 7.99. The van der Waals surface area contributed by atoms with Crippen LogP contribution in [0, 0.1) is 0 Å². The molecule has 1 unspecified atom stereocenters. The summed E-state index contributed by atoms with van der Waals surface area (Å²) in [5.74, 6) is -1.77. The highest BCUT2D eigenvalue weighted by molar-refractivity contribution is 6.08. The van der Waals surface area contributed by atoms with Crippen LogP contribution >= 0.6 is 0 Å². The summed E-state index contributed by atoms with van der Waals surface area (Å²) in [5, 5.41) is 5.15. The first-order valence-electron chi connectivity index (χ1n) is 8.36. The molecule has 0 spiro atoms. The molecule has 0 bridgehead atoms. The Morgan fingerprint density at radius 2 is 1.88 bits per heavy atom. The van der Waals surface area contributed by atoms with E-state index in [0.717, 1.165) is 10.5 Å². The summed E-state index contributed by atoms with van der Waals surface area (Å²) in [6.45, 7) is 4.40. The predicted molar refractivity (Wildman–Crippen MR) is 93.0 cm³/mol. The molecule has 8 nitrogen and oxygen atoms in total. The van der Waals surface area contributed by atoms with E-state index in [0.29, 0.717) is 13.0 Å².